The van der Waals surface area contributed by atoms with Gasteiger partial charge in [-0.1, -0.05) is 18.2 Å². The van der Waals surface area contributed by atoms with Crippen LogP contribution in [-0.4, -0.2) is 38.3 Å². The number of aryl methyl sites for hydroxylation is 1. The number of hydrogen-bond donors (Lipinski definition) is 2. The predicted molar refractivity (Wildman–Crippen MR) is 134 cm³/mol. The molecule has 1 aromatic heterocycles. The Balaban J connectivity index is 1.78. The van der Waals surface area contributed by atoms with Crippen molar-refractivity contribution in [2.45, 2.75) is 45.9 Å². The molecule has 0 spiro atoms. The van der Waals surface area contributed by atoms with Crippen LogP contribution in [0.1, 0.15) is 51.8 Å². The molecular weight excluding hydrogens is 432 g/mol. The normalized spacial score (nSPS) is 21.4. The zero-order valence-corrected chi connectivity index (χ0v) is 20.8. The quantitative estimate of drug-likeness (QED) is 0.567. The maximum Gasteiger partial charge on any atom is 0.256 e. The van der Waals surface area contributed by atoms with Gasteiger partial charge in [-0.05, 0) is 69.7 Å². The number of ether oxygens (including phenoxy) is 2. The molecule has 3 unspecified atom stereocenters. The van der Waals surface area contributed by atoms with Gasteiger partial charge in [0.1, 0.15) is 42.1 Å². The van der Waals surface area contributed by atoms with Crippen molar-refractivity contribution in [3.63, 3.8) is 0 Å². The van der Waals surface area contributed by atoms with Crippen molar-refractivity contribution in [3.05, 3.63) is 81.7 Å². The summed E-state index contributed by atoms with van der Waals surface area (Å²) >= 11 is 1.66. The molecule has 2 aromatic carbocycles. The van der Waals surface area contributed by atoms with Crippen LogP contribution in [-0.2, 0) is 4.74 Å². The molecule has 0 bridgehead atoms. The molecule has 5 nitrogen and oxygen atoms in total. The first-order valence-electron chi connectivity index (χ1n) is 11.5. The summed E-state index contributed by atoms with van der Waals surface area (Å²) in [6.07, 6.45) is 0.346. The highest BCUT2D eigenvalue weighted by Gasteiger charge is 2.37. The van der Waals surface area contributed by atoms with Gasteiger partial charge in [0.25, 0.3) is 5.91 Å². The molecule has 0 aliphatic carbocycles. The Morgan fingerprint density at radius 3 is 2.30 bits per heavy atom. The topological polar surface area (TPSA) is 52.0 Å². The van der Waals surface area contributed by atoms with E-state index in [1.807, 2.05) is 42.5 Å². The average molecular weight is 466 g/mol. The fraction of sp³-hybridized carbons (Fsp3) is 0.370. The second-order valence-corrected chi connectivity index (χ2v) is 10.1. The maximum atomic E-state index is 13.1. The third-order valence-electron chi connectivity index (χ3n) is 6.40. The van der Waals surface area contributed by atoms with E-state index in [1.165, 1.54) is 26.5 Å². The summed E-state index contributed by atoms with van der Waals surface area (Å²) in [7, 11) is 1.69. The molecule has 1 saturated heterocycles. The minimum atomic E-state index is -0.0784. The van der Waals surface area contributed by atoms with Crippen LogP contribution >= 0.6 is 11.3 Å². The molecule has 33 heavy (non-hydrogen) atoms. The molecule has 2 heterocycles. The number of amides is 1. The van der Waals surface area contributed by atoms with Crippen LogP contribution in [0.3, 0.4) is 0 Å². The summed E-state index contributed by atoms with van der Waals surface area (Å²) in [5.74, 6) is 0.761. The molecular formula is C27H33N2O3S+. The van der Waals surface area contributed by atoms with Crippen molar-refractivity contribution in [2.75, 3.05) is 25.5 Å². The maximum absolute atomic E-state index is 13.1. The molecule has 0 saturated carbocycles. The fourth-order valence-corrected chi connectivity index (χ4v) is 5.90. The zero-order chi connectivity index (χ0) is 23.5. The number of thiophene rings is 1. The largest absolute Gasteiger partial charge is 0.497 e. The van der Waals surface area contributed by atoms with Gasteiger partial charge >= 0.3 is 0 Å². The van der Waals surface area contributed by atoms with Crippen LogP contribution in [0.2, 0.25) is 0 Å². The summed E-state index contributed by atoms with van der Waals surface area (Å²) in [5, 5.41) is 4.16. The van der Waals surface area contributed by atoms with Gasteiger partial charge in [-0.25, -0.2) is 0 Å². The minimum Gasteiger partial charge on any atom is -0.497 e. The first-order chi connectivity index (χ1) is 15.9. The second-order valence-electron chi connectivity index (χ2n) is 8.88. The van der Waals surface area contributed by atoms with Gasteiger partial charge in [0.2, 0.25) is 0 Å². The lowest BCUT2D eigenvalue weighted by atomic mass is 9.93. The number of nitrogens with one attached hydrogen (secondary N) is 2. The van der Waals surface area contributed by atoms with Crippen LogP contribution in [0.15, 0.2) is 54.6 Å². The number of carbonyl (C=O) groups excluding carboxylic acids is 1. The van der Waals surface area contributed by atoms with Gasteiger partial charge in [-0.2, -0.15) is 0 Å². The number of hydrogen-bond acceptors (Lipinski definition) is 4. The van der Waals surface area contributed by atoms with E-state index in [0.717, 1.165) is 23.8 Å². The summed E-state index contributed by atoms with van der Waals surface area (Å²) in [5.41, 5.74) is 4.31. The first kappa shape index (κ1) is 23.5. The highest BCUT2D eigenvalue weighted by atomic mass is 32.1. The third-order valence-corrected chi connectivity index (χ3v) is 7.54. The molecule has 1 aliphatic rings. The molecule has 0 radical (unpaired) electrons. The van der Waals surface area contributed by atoms with Crippen LogP contribution in [0.25, 0.3) is 0 Å². The second kappa shape index (κ2) is 10.1. The third kappa shape index (κ3) is 5.13. The Morgan fingerprint density at radius 1 is 1.06 bits per heavy atom. The summed E-state index contributed by atoms with van der Waals surface area (Å²) < 4.78 is 11.5. The van der Waals surface area contributed by atoms with Crippen LogP contribution in [0, 0.1) is 13.8 Å². The van der Waals surface area contributed by atoms with Gasteiger partial charge in [-0.15, -0.1) is 11.3 Å². The number of methoxy groups -OCH3 is 1. The minimum absolute atomic E-state index is 0.0784. The molecule has 2 N–H and O–H groups in total. The Morgan fingerprint density at radius 2 is 1.70 bits per heavy atom. The molecule has 6 heteroatoms. The van der Waals surface area contributed by atoms with E-state index in [-0.39, 0.29) is 24.2 Å². The lowest BCUT2D eigenvalue weighted by molar-refractivity contribution is -0.939. The fourth-order valence-electron chi connectivity index (χ4n) is 4.80. The number of anilines is 1. The zero-order valence-electron chi connectivity index (χ0n) is 20.0. The van der Waals surface area contributed by atoms with Crippen molar-refractivity contribution < 1.29 is 19.2 Å². The lowest BCUT2D eigenvalue weighted by Crippen LogP contribution is -3.15. The van der Waals surface area contributed by atoms with E-state index in [2.05, 4.69) is 45.1 Å². The smallest absolute Gasteiger partial charge is 0.256 e. The molecule has 1 aliphatic heterocycles. The highest BCUT2D eigenvalue weighted by molar-refractivity contribution is 7.16. The van der Waals surface area contributed by atoms with E-state index in [0.29, 0.717) is 5.56 Å². The van der Waals surface area contributed by atoms with E-state index >= 15 is 0 Å². The Hall–Kier alpha value is -2.67. The van der Waals surface area contributed by atoms with Crippen LogP contribution in [0.4, 0.5) is 5.00 Å². The summed E-state index contributed by atoms with van der Waals surface area (Å²) in [6, 6.07) is 17.8. The van der Waals surface area contributed by atoms with Gasteiger partial charge in [0.05, 0.1) is 12.7 Å². The van der Waals surface area contributed by atoms with E-state index in [4.69, 9.17) is 9.47 Å². The number of benzene rings is 2. The van der Waals surface area contributed by atoms with Crippen LogP contribution < -0.4 is 15.0 Å². The van der Waals surface area contributed by atoms with Crippen molar-refractivity contribution in [1.29, 1.82) is 0 Å². The first-order valence-corrected chi connectivity index (χ1v) is 12.3. The van der Waals surface area contributed by atoms with Crippen molar-refractivity contribution >= 4 is 22.2 Å². The van der Waals surface area contributed by atoms with Crippen molar-refractivity contribution in [3.8, 4) is 5.75 Å². The van der Waals surface area contributed by atoms with Gasteiger partial charge in [0, 0.05) is 16.0 Å². The van der Waals surface area contributed by atoms with E-state index in [9.17, 15) is 4.79 Å². The molecule has 1 amide bonds. The van der Waals surface area contributed by atoms with Gasteiger partial charge in [-0.3, -0.25) is 4.79 Å². The monoisotopic (exact) mass is 465 g/mol. The van der Waals surface area contributed by atoms with Crippen molar-refractivity contribution in [2.24, 2.45) is 0 Å². The highest BCUT2D eigenvalue weighted by Crippen LogP contribution is 2.39. The SMILES string of the molecule is COc1ccc(C(c2c(NC(=O)c3ccccc3)sc(C)c2C)[NH+]2CC(C)OC(C)C2)cc1. The molecule has 4 rings (SSSR count). The summed E-state index contributed by atoms with van der Waals surface area (Å²) in [6.45, 7) is 10.4. The molecule has 1 fully saturated rings. The van der Waals surface area contributed by atoms with Crippen molar-refractivity contribution in [1.82, 2.24) is 0 Å². The Bertz CT molecular complexity index is 1080. The Labute approximate surface area is 200 Å². The number of carbonyl (C=O) groups is 1. The molecule has 3 atom stereocenters. The molecule has 174 valence electrons. The van der Waals surface area contributed by atoms with E-state index < -0.39 is 0 Å². The number of rotatable bonds is 6. The van der Waals surface area contributed by atoms with Crippen LogP contribution in [0.5, 0.6) is 5.75 Å². The average Bonchev–Trinajstić information content (AvgIpc) is 3.07. The number of morpholine rings is 1. The van der Waals surface area contributed by atoms with Gasteiger partial charge in [0.15, 0.2) is 0 Å². The van der Waals surface area contributed by atoms with E-state index in [1.54, 1.807) is 18.4 Å². The molecule has 3 aromatic rings. The lowest BCUT2D eigenvalue weighted by Gasteiger charge is -2.38. The predicted octanol–water partition coefficient (Wildman–Crippen LogP) is 4.41. The van der Waals surface area contributed by atoms with Gasteiger partial charge < -0.3 is 19.7 Å². The number of quaternary nitrogens is 1. The Kier molecular flexibility index (Phi) is 7.17. The summed E-state index contributed by atoms with van der Waals surface area (Å²) in [4.78, 5) is 15.7. The standard InChI is InChI=1S/C27H32N2O3S/c1-17-15-29(16-18(2)32-17)25(21-11-13-23(31-5)14-12-21)24-19(3)20(4)33-27(24)28-26(30)22-9-7-6-8-10-22/h6-14,17-18,25H,15-16H2,1-5H3,(H,28,30)/p+1.